The number of nitrogens with zero attached hydrogens (tertiary/aromatic N) is 2. The Hall–Kier alpha value is -2.40. The van der Waals surface area contributed by atoms with Gasteiger partial charge in [-0.25, -0.2) is 17.2 Å². The molecule has 3 aliphatic heterocycles. The third-order valence-electron chi connectivity index (χ3n) is 8.15. The largest absolute Gasteiger partial charge is 0.381 e. The number of halogens is 2. The van der Waals surface area contributed by atoms with Crippen LogP contribution in [0.25, 0.3) is 0 Å². The zero-order chi connectivity index (χ0) is 28.2. The lowest BCUT2D eigenvalue weighted by molar-refractivity contribution is -0.145. The molecule has 1 amide bonds. The van der Waals surface area contributed by atoms with Crippen LogP contribution in [0.15, 0.2) is 48.6 Å². The Morgan fingerprint density at radius 2 is 1.77 bits per heavy atom. The number of ether oxygens (including phenoxy) is 2. The van der Waals surface area contributed by atoms with Gasteiger partial charge in [0, 0.05) is 50.0 Å². The van der Waals surface area contributed by atoms with E-state index in [0.29, 0.717) is 44.7 Å². The first-order valence-corrected chi connectivity index (χ1v) is 15.0. The molecule has 0 spiro atoms. The normalized spacial score (nSPS) is 26.1. The summed E-state index contributed by atoms with van der Waals surface area (Å²) in [5.74, 6) is -1.70. The number of hydrogen-bond donors (Lipinski definition) is 0. The quantitative estimate of drug-likeness (QED) is 0.463. The summed E-state index contributed by atoms with van der Waals surface area (Å²) in [6, 6.07) is 1.77. The van der Waals surface area contributed by atoms with Gasteiger partial charge in [-0.3, -0.25) is 4.79 Å². The lowest BCUT2D eigenvalue weighted by Gasteiger charge is -2.41. The van der Waals surface area contributed by atoms with E-state index in [2.05, 4.69) is 6.58 Å². The molecule has 1 aromatic carbocycles. The first-order valence-electron chi connectivity index (χ1n) is 13.5. The van der Waals surface area contributed by atoms with Crippen molar-refractivity contribution in [2.75, 3.05) is 39.5 Å². The number of rotatable bonds is 7. The molecule has 1 aromatic rings. The Kier molecular flexibility index (Phi) is 9.41. The minimum absolute atomic E-state index is 0.000743. The van der Waals surface area contributed by atoms with E-state index in [4.69, 9.17) is 9.47 Å². The molecular weight excluding hydrogens is 526 g/mol. The fourth-order valence-electron chi connectivity index (χ4n) is 5.83. The Morgan fingerprint density at radius 1 is 1.10 bits per heavy atom. The maximum Gasteiger partial charge on any atom is 0.233 e. The van der Waals surface area contributed by atoms with Gasteiger partial charge >= 0.3 is 0 Å². The Labute approximate surface area is 230 Å². The molecule has 0 bridgehead atoms. The summed E-state index contributed by atoms with van der Waals surface area (Å²) in [4.78, 5) is 15.3. The van der Waals surface area contributed by atoms with Gasteiger partial charge in [-0.1, -0.05) is 30.9 Å². The molecule has 3 heterocycles. The fraction of sp³-hybridized carbons (Fsp3) is 0.552. The minimum Gasteiger partial charge on any atom is -0.381 e. The highest BCUT2D eigenvalue weighted by Crippen LogP contribution is 2.40. The lowest BCUT2D eigenvalue weighted by atomic mass is 9.72. The van der Waals surface area contributed by atoms with Crippen molar-refractivity contribution >= 4 is 15.9 Å². The SMILES string of the molecule is C=C/C(=C\C=C/C)[C@H]1CC[C@H](C)N(Cc2cc(F)c(C3(C(=O)N4CCOCC4)CCOCC3)cc2F)S1(=O)=O. The second-order valence-electron chi connectivity index (χ2n) is 10.4. The summed E-state index contributed by atoms with van der Waals surface area (Å²) in [5.41, 5.74) is -0.745. The zero-order valence-corrected chi connectivity index (χ0v) is 23.5. The molecule has 0 unspecified atom stereocenters. The van der Waals surface area contributed by atoms with Crippen LogP contribution in [0.2, 0.25) is 0 Å². The van der Waals surface area contributed by atoms with Gasteiger partial charge in [0.2, 0.25) is 15.9 Å². The molecule has 3 saturated heterocycles. The Bertz CT molecular complexity index is 1230. The van der Waals surface area contributed by atoms with Gasteiger partial charge in [0.15, 0.2) is 0 Å². The smallest absolute Gasteiger partial charge is 0.233 e. The van der Waals surface area contributed by atoms with Crippen molar-refractivity contribution in [2.45, 2.75) is 62.8 Å². The van der Waals surface area contributed by atoms with Crippen molar-refractivity contribution in [3.8, 4) is 0 Å². The van der Waals surface area contributed by atoms with Crippen molar-refractivity contribution in [1.29, 1.82) is 0 Å². The topological polar surface area (TPSA) is 76.2 Å². The number of allylic oxidation sites excluding steroid dienone is 4. The monoisotopic (exact) mass is 564 g/mol. The number of carbonyl (C=O) groups excluding carboxylic acids is 1. The number of morpholine rings is 1. The number of hydrogen-bond acceptors (Lipinski definition) is 5. The molecule has 4 rings (SSSR count). The predicted octanol–water partition coefficient (Wildman–Crippen LogP) is 4.24. The van der Waals surface area contributed by atoms with E-state index >= 15 is 8.78 Å². The number of amides is 1. The summed E-state index contributed by atoms with van der Waals surface area (Å²) >= 11 is 0. The molecule has 0 aliphatic carbocycles. The fourth-order valence-corrected chi connectivity index (χ4v) is 8.04. The van der Waals surface area contributed by atoms with Gasteiger partial charge in [-0.2, -0.15) is 4.31 Å². The maximum absolute atomic E-state index is 15.8. The zero-order valence-electron chi connectivity index (χ0n) is 22.7. The number of benzene rings is 1. The van der Waals surface area contributed by atoms with Crippen molar-refractivity contribution in [1.82, 2.24) is 9.21 Å². The second-order valence-corrected chi connectivity index (χ2v) is 12.5. The van der Waals surface area contributed by atoms with Crippen LogP contribution in [0.5, 0.6) is 0 Å². The molecule has 0 aromatic heterocycles. The highest BCUT2D eigenvalue weighted by atomic mass is 32.2. The summed E-state index contributed by atoms with van der Waals surface area (Å²) < 4.78 is 70.9. The van der Waals surface area contributed by atoms with Crippen LogP contribution in [0.4, 0.5) is 8.78 Å². The highest BCUT2D eigenvalue weighted by Gasteiger charge is 2.47. The summed E-state index contributed by atoms with van der Waals surface area (Å²) in [5, 5.41) is -0.814. The Morgan fingerprint density at radius 3 is 2.41 bits per heavy atom. The summed E-state index contributed by atoms with van der Waals surface area (Å²) in [6.45, 7) is 9.19. The van der Waals surface area contributed by atoms with E-state index in [-0.39, 0.29) is 55.7 Å². The van der Waals surface area contributed by atoms with Gasteiger partial charge in [0.1, 0.15) is 16.9 Å². The number of carbonyl (C=O) groups is 1. The van der Waals surface area contributed by atoms with Crippen molar-refractivity contribution in [2.24, 2.45) is 0 Å². The molecule has 3 fully saturated rings. The van der Waals surface area contributed by atoms with Gasteiger partial charge in [-0.05, 0) is 57.2 Å². The van der Waals surface area contributed by atoms with E-state index in [9.17, 15) is 13.2 Å². The third kappa shape index (κ3) is 5.89. The molecule has 0 N–H and O–H groups in total. The Balaban J connectivity index is 1.67. The average Bonchev–Trinajstić information content (AvgIpc) is 2.94. The summed E-state index contributed by atoms with van der Waals surface area (Å²) in [6.07, 6.45) is 8.27. The van der Waals surface area contributed by atoms with E-state index in [1.165, 1.54) is 10.4 Å². The van der Waals surface area contributed by atoms with Gasteiger partial charge < -0.3 is 14.4 Å². The van der Waals surface area contributed by atoms with Gasteiger partial charge in [0.25, 0.3) is 0 Å². The van der Waals surface area contributed by atoms with Gasteiger partial charge in [-0.15, -0.1) is 0 Å². The lowest BCUT2D eigenvalue weighted by Crippen LogP contribution is -2.53. The van der Waals surface area contributed by atoms with E-state index in [0.717, 1.165) is 12.1 Å². The maximum atomic E-state index is 15.8. The van der Waals surface area contributed by atoms with E-state index in [1.807, 2.05) is 6.92 Å². The first kappa shape index (κ1) is 29.6. The van der Waals surface area contributed by atoms with Crippen LogP contribution >= 0.6 is 0 Å². The molecule has 39 heavy (non-hydrogen) atoms. The molecule has 2 atom stereocenters. The van der Waals surface area contributed by atoms with Crippen LogP contribution in [0.3, 0.4) is 0 Å². The van der Waals surface area contributed by atoms with Crippen LogP contribution in [-0.4, -0.2) is 74.3 Å². The molecule has 214 valence electrons. The van der Waals surface area contributed by atoms with Gasteiger partial charge in [0.05, 0.1) is 18.6 Å². The number of sulfonamides is 1. The first-order chi connectivity index (χ1) is 18.7. The highest BCUT2D eigenvalue weighted by molar-refractivity contribution is 7.90. The molecular formula is C29H38F2N2O5S. The predicted molar refractivity (Wildman–Crippen MR) is 146 cm³/mol. The third-order valence-corrected chi connectivity index (χ3v) is 10.5. The van der Waals surface area contributed by atoms with Crippen LogP contribution in [0.1, 0.15) is 50.7 Å². The summed E-state index contributed by atoms with van der Waals surface area (Å²) in [7, 11) is -3.87. The van der Waals surface area contributed by atoms with Crippen LogP contribution < -0.4 is 0 Å². The van der Waals surface area contributed by atoms with Crippen molar-refractivity contribution < 1.29 is 31.5 Å². The standard InChI is InChI=1S/C29H38F2N2O5S/c1-4-6-7-22(5-2)27-9-8-21(3)33(39(27,35)36)20-23-18-26(31)24(19-25(23)30)29(10-14-37-15-11-29)28(34)32-12-16-38-17-13-32/h4-7,18-19,21,27H,2,8-17,20H2,1,3H3/b6-4-,22-7+/t21-,27+/m0/s1. The average molecular weight is 565 g/mol. The van der Waals surface area contributed by atoms with Crippen LogP contribution in [0, 0.1) is 11.6 Å². The second kappa shape index (κ2) is 12.4. The van der Waals surface area contributed by atoms with Crippen molar-refractivity contribution in [3.63, 3.8) is 0 Å². The van der Waals surface area contributed by atoms with Crippen LogP contribution in [-0.2, 0) is 36.3 Å². The van der Waals surface area contributed by atoms with E-state index in [1.54, 1.807) is 30.1 Å². The van der Waals surface area contributed by atoms with Crippen molar-refractivity contribution in [3.05, 3.63) is 71.4 Å². The molecule has 0 saturated carbocycles. The molecule has 0 radical (unpaired) electrons. The molecule has 7 nitrogen and oxygen atoms in total. The molecule has 10 heteroatoms. The molecule has 3 aliphatic rings. The minimum atomic E-state index is -3.87. The van der Waals surface area contributed by atoms with E-state index < -0.39 is 32.3 Å².